The van der Waals surface area contributed by atoms with Gasteiger partial charge in [0.25, 0.3) is 0 Å². The molecule has 2 aromatic carbocycles. The van der Waals surface area contributed by atoms with Crippen LogP contribution in [0.4, 0.5) is 0 Å². The first-order valence-electron chi connectivity index (χ1n) is 13.9. The number of aryl methyl sites for hydroxylation is 1. The van der Waals surface area contributed by atoms with Gasteiger partial charge in [0.15, 0.2) is 16.6 Å². The van der Waals surface area contributed by atoms with Gasteiger partial charge in [0, 0.05) is 61.1 Å². The van der Waals surface area contributed by atoms with E-state index in [0.29, 0.717) is 11.4 Å². The number of benzene rings is 2. The van der Waals surface area contributed by atoms with Gasteiger partial charge in [-0.25, -0.2) is 13.2 Å². The van der Waals surface area contributed by atoms with E-state index in [0.717, 1.165) is 76.6 Å². The average Bonchev–Trinajstić information content (AvgIpc) is 3.29. The van der Waals surface area contributed by atoms with Crippen LogP contribution >= 0.6 is 0 Å². The zero-order valence-corrected chi connectivity index (χ0v) is 24.8. The van der Waals surface area contributed by atoms with E-state index in [9.17, 15) is 4.21 Å². The molecule has 0 radical (unpaired) electrons. The summed E-state index contributed by atoms with van der Waals surface area (Å²) in [6.45, 7) is 9.40. The van der Waals surface area contributed by atoms with Gasteiger partial charge in [-0.15, -0.1) is 0 Å². The van der Waals surface area contributed by atoms with Crippen LogP contribution in [0.2, 0.25) is 0 Å². The Kier molecular flexibility index (Phi) is 7.71. The molecule has 1 aliphatic heterocycles. The number of aromatic nitrogens is 3. The topological polar surface area (TPSA) is 63.5 Å². The molecule has 0 saturated carbocycles. The number of likely N-dealkylation sites (N-methyl/N-ethyl adjacent to an activating group) is 1. The summed E-state index contributed by atoms with van der Waals surface area (Å²) in [5.41, 5.74) is 7.77. The monoisotopic (exact) mass is 565 g/mol. The molecule has 0 N–H and O–H groups in total. The Labute approximate surface area is 244 Å². The number of fused-ring (bicyclic) bond motifs is 1. The van der Waals surface area contributed by atoms with Gasteiger partial charge < -0.3 is 9.64 Å². The van der Waals surface area contributed by atoms with E-state index in [1.54, 1.807) is 13.3 Å². The summed E-state index contributed by atoms with van der Waals surface area (Å²) in [7, 11) is 2.35. The number of rotatable bonds is 7. The smallest absolute Gasteiger partial charge is 0.158 e. The molecule has 41 heavy (non-hydrogen) atoms. The zero-order valence-electron chi connectivity index (χ0n) is 24.0. The van der Waals surface area contributed by atoms with Crippen molar-refractivity contribution in [3.05, 3.63) is 95.9 Å². The Hall–Kier alpha value is -3.85. The summed E-state index contributed by atoms with van der Waals surface area (Å²) in [5, 5.41) is 0.916. The number of nitrogens with zero attached hydrogens (tertiary/aromatic N) is 5. The molecule has 3 aromatic heterocycles. The predicted molar refractivity (Wildman–Crippen MR) is 165 cm³/mol. The number of pyridine rings is 2. The Morgan fingerprint density at radius 2 is 1.59 bits per heavy atom. The fourth-order valence-corrected chi connectivity index (χ4v) is 6.64. The highest BCUT2D eigenvalue weighted by atomic mass is 32.2. The van der Waals surface area contributed by atoms with Gasteiger partial charge in [-0.3, -0.25) is 9.88 Å². The van der Waals surface area contributed by atoms with Crippen molar-refractivity contribution in [2.24, 2.45) is 0 Å². The van der Waals surface area contributed by atoms with Gasteiger partial charge in [-0.05, 0) is 62.4 Å². The lowest BCUT2D eigenvalue weighted by Gasteiger charge is -2.32. The largest absolute Gasteiger partial charge is 0.495 e. The van der Waals surface area contributed by atoms with E-state index in [2.05, 4.69) is 52.2 Å². The highest BCUT2D eigenvalue weighted by Gasteiger charge is 2.23. The number of ether oxygens (including phenoxy) is 1. The Morgan fingerprint density at radius 3 is 2.24 bits per heavy atom. The van der Waals surface area contributed by atoms with Gasteiger partial charge >= 0.3 is 0 Å². The third-order valence-electron chi connectivity index (χ3n) is 7.90. The number of hydrogen-bond acceptors (Lipinski definition) is 6. The summed E-state index contributed by atoms with van der Waals surface area (Å²) >= 11 is 0. The van der Waals surface area contributed by atoms with Crippen molar-refractivity contribution in [1.29, 1.82) is 0 Å². The van der Waals surface area contributed by atoms with Crippen LogP contribution in [0.15, 0.2) is 84.0 Å². The molecular weight excluding hydrogens is 530 g/mol. The van der Waals surface area contributed by atoms with Crippen molar-refractivity contribution in [3.8, 4) is 28.1 Å². The van der Waals surface area contributed by atoms with E-state index in [1.807, 2.05) is 60.4 Å². The molecule has 5 aromatic rings. The minimum atomic E-state index is -1.47. The maximum atomic E-state index is 13.9. The summed E-state index contributed by atoms with van der Waals surface area (Å²) < 4.78 is 21.1. The maximum Gasteiger partial charge on any atom is 0.158 e. The second-order valence-corrected chi connectivity index (χ2v) is 12.1. The minimum Gasteiger partial charge on any atom is -0.495 e. The molecule has 6 rings (SSSR count). The minimum absolute atomic E-state index is 0.671. The van der Waals surface area contributed by atoms with E-state index in [-0.39, 0.29) is 0 Å². The highest BCUT2D eigenvalue weighted by Crippen LogP contribution is 2.37. The van der Waals surface area contributed by atoms with Crippen molar-refractivity contribution < 1.29 is 8.95 Å². The van der Waals surface area contributed by atoms with Crippen LogP contribution in [0.3, 0.4) is 0 Å². The van der Waals surface area contributed by atoms with Crippen LogP contribution in [0.1, 0.15) is 16.8 Å². The standard InChI is InChI=1S/C33H35N5O2S/c1-23-5-12-29(13-6-23)41(39)38-24(2)32(31-14-11-28(40-4)21-34-31)30-19-27(20-35-33(30)38)26-9-7-25(8-10-26)22-37-17-15-36(3)16-18-37/h5-14,19-21H,15-18,22H2,1-4H3. The lowest BCUT2D eigenvalue weighted by atomic mass is 10.0. The summed E-state index contributed by atoms with van der Waals surface area (Å²) in [5.74, 6) is 0.689. The molecule has 0 spiro atoms. The van der Waals surface area contributed by atoms with Crippen LogP contribution in [0.5, 0.6) is 5.75 Å². The second-order valence-electron chi connectivity index (χ2n) is 10.8. The van der Waals surface area contributed by atoms with Crippen molar-refractivity contribution in [1.82, 2.24) is 23.7 Å². The van der Waals surface area contributed by atoms with Gasteiger partial charge in [-0.1, -0.05) is 42.0 Å². The molecule has 1 aliphatic rings. The first-order valence-corrected chi connectivity index (χ1v) is 15.0. The normalized spacial score (nSPS) is 15.3. The molecule has 1 fully saturated rings. The molecule has 4 heterocycles. The summed E-state index contributed by atoms with van der Waals surface area (Å²) in [6, 6.07) is 22.6. The first-order chi connectivity index (χ1) is 19.9. The Bertz CT molecular complexity index is 1690. The number of methoxy groups -OCH3 is 1. The first kappa shape index (κ1) is 27.3. The number of piperazine rings is 1. The van der Waals surface area contributed by atoms with Gasteiger partial charge in [0.2, 0.25) is 0 Å². The molecule has 8 heteroatoms. The molecule has 0 bridgehead atoms. The summed E-state index contributed by atoms with van der Waals surface area (Å²) in [4.78, 5) is 15.2. The van der Waals surface area contributed by atoms with Crippen molar-refractivity contribution >= 4 is 22.0 Å². The molecule has 210 valence electrons. The van der Waals surface area contributed by atoms with Crippen LogP contribution in [-0.4, -0.2) is 68.3 Å². The third-order valence-corrected chi connectivity index (χ3v) is 9.35. The number of hydrogen-bond donors (Lipinski definition) is 0. The molecule has 1 saturated heterocycles. The van der Waals surface area contributed by atoms with E-state index >= 15 is 0 Å². The van der Waals surface area contributed by atoms with Crippen molar-refractivity contribution in [3.63, 3.8) is 0 Å². The summed E-state index contributed by atoms with van der Waals surface area (Å²) in [6.07, 6.45) is 3.59. The van der Waals surface area contributed by atoms with Crippen LogP contribution in [0.25, 0.3) is 33.4 Å². The SMILES string of the molecule is COc1ccc(-c2c(C)n(S(=O)c3ccc(C)cc3)c3ncc(-c4ccc(CN5CCN(C)CC5)cc4)cc23)nc1. The predicted octanol–water partition coefficient (Wildman–Crippen LogP) is 5.71. The quantitative estimate of drug-likeness (QED) is 0.252. The van der Waals surface area contributed by atoms with Gasteiger partial charge in [0.05, 0.1) is 23.9 Å². The second kappa shape index (κ2) is 11.6. The van der Waals surface area contributed by atoms with Gasteiger partial charge in [0.1, 0.15) is 5.75 Å². The lowest BCUT2D eigenvalue weighted by Crippen LogP contribution is -2.43. The van der Waals surface area contributed by atoms with E-state index in [1.165, 1.54) is 5.56 Å². The highest BCUT2D eigenvalue weighted by molar-refractivity contribution is 7.83. The van der Waals surface area contributed by atoms with E-state index < -0.39 is 11.0 Å². The van der Waals surface area contributed by atoms with Crippen LogP contribution in [0, 0.1) is 13.8 Å². The zero-order chi connectivity index (χ0) is 28.5. The van der Waals surface area contributed by atoms with Crippen molar-refractivity contribution in [2.75, 3.05) is 40.3 Å². The van der Waals surface area contributed by atoms with Gasteiger partial charge in [-0.2, -0.15) is 0 Å². The fourth-order valence-electron chi connectivity index (χ4n) is 5.42. The Morgan fingerprint density at radius 1 is 0.854 bits per heavy atom. The molecular formula is C33H35N5O2S. The Balaban J connectivity index is 1.40. The van der Waals surface area contributed by atoms with Crippen LogP contribution in [-0.2, 0) is 17.5 Å². The molecule has 0 aliphatic carbocycles. The molecule has 1 unspecified atom stereocenters. The third kappa shape index (κ3) is 5.55. The van der Waals surface area contributed by atoms with Crippen LogP contribution < -0.4 is 4.74 Å². The average molecular weight is 566 g/mol. The van der Waals surface area contributed by atoms with Crippen molar-refractivity contribution in [2.45, 2.75) is 25.3 Å². The molecule has 1 atom stereocenters. The van der Waals surface area contributed by atoms with E-state index in [4.69, 9.17) is 9.72 Å². The molecule has 7 nitrogen and oxygen atoms in total. The lowest BCUT2D eigenvalue weighted by molar-refractivity contribution is 0.148. The maximum absolute atomic E-state index is 13.9. The molecule has 0 amide bonds. The fraction of sp³-hybridized carbons (Fsp3) is 0.273.